The van der Waals surface area contributed by atoms with E-state index in [2.05, 4.69) is 10.6 Å². The Kier molecular flexibility index (Phi) is 11.3. The zero-order valence-electron chi connectivity index (χ0n) is 23.2. The van der Waals surface area contributed by atoms with Gasteiger partial charge in [0.05, 0.1) is 14.2 Å². The SMILES string of the molecule is CO/C(=C/C(=O)c1ccccc1)Nc1ccccc1C.CO/C(=C/C(=O)c1ccccc1)Nc1ccccc1C. The van der Waals surface area contributed by atoms with Crippen molar-refractivity contribution in [3.8, 4) is 0 Å². The van der Waals surface area contributed by atoms with Gasteiger partial charge < -0.3 is 20.1 Å². The van der Waals surface area contributed by atoms with Crippen LogP contribution >= 0.6 is 0 Å². The molecule has 0 spiro atoms. The van der Waals surface area contributed by atoms with Crippen LogP contribution in [-0.2, 0) is 9.47 Å². The number of rotatable bonds is 10. The topological polar surface area (TPSA) is 76.7 Å². The van der Waals surface area contributed by atoms with Crippen molar-refractivity contribution in [3.05, 3.63) is 155 Å². The Morgan fingerprint density at radius 1 is 0.525 bits per heavy atom. The molecule has 0 aromatic heterocycles. The molecule has 204 valence electrons. The van der Waals surface area contributed by atoms with Crippen LogP contribution in [0.3, 0.4) is 0 Å². The molecule has 40 heavy (non-hydrogen) atoms. The third-order valence-electron chi connectivity index (χ3n) is 5.89. The van der Waals surface area contributed by atoms with Crippen LogP contribution in [-0.4, -0.2) is 25.8 Å². The number of carbonyl (C=O) groups is 2. The molecule has 6 heteroatoms. The van der Waals surface area contributed by atoms with E-state index < -0.39 is 0 Å². The summed E-state index contributed by atoms with van der Waals surface area (Å²) in [5.41, 5.74) is 5.27. The minimum Gasteiger partial charge on any atom is -0.482 e. The zero-order valence-corrected chi connectivity index (χ0v) is 23.2. The summed E-state index contributed by atoms with van der Waals surface area (Å²) in [4.78, 5) is 24.2. The van der Waals surface area contributed by atoms with Gasteiger partial charge in [0.1, 0.15) is 0 Å². The highest BCUT2D eigenvalue weighted by Gasteiger charge is 2.07. The van der Waals surface area contributed by atoms with Crippen LogP contribution in [0.25, 0.3) is 0 Å². The average molecular weight is 535 g/mol. The number of anilines is 2. The summed E-state index contributed by atoms with van der Waals surface area (Å²) in [5, 5.41) is 6.23. The van der Waals surface area contributed by atoms with Crippen LogP contribution in [0.15, 0.2) is 133 Å². The number of methoxy groups -OCH3 is 2. The summed E-state index contributed by atoms with van der Waals surface area (Å²) in [6.45, 7) is 3.99. The van der Waals surface area contributed by atoms with Crippen molar-refractivity contribution >= 4 is 22.9 Å². The lowest BCUT2D eigenvalue weighted by Gasteiger charge is -2.11. The molecule has 0 unspecified atom stereocenters. The van der Waals surface area contributed by atoms with Crippen molar-refractivity contribution in [1.82, 2.24) is 0 Å². The Morgan fingerprint density at radius 3 is 1.18 bits per heavy atom. The van der Waals surface area contributed by atoms with E-state index in [9.17, 15) is 9.59 Å². The number of aryl methyl sites for hydroxylation is 2. The van der Waals surface area contributed by atoms with Gasteiger partial charge in [0, 0.05) is 34.7 Å². The third kappa shape index (κ3) is 9.03. The molecule has 0 fully saturated rings. The Hall–Kier alpha value is -5.10. The number of nitrogens with one attached hydrogen (secondary N) is 2. The van der Waals surface area contributed by atoms with E-state index in [4.69, 9.17) is 9.47 Å². The first-order valence-electron chi connectivity index (χ1n) is 12.8. The highest BCUT2D eigenvalue weighted by molar-refractivity contribution is 6.05. The lowest BCUT2D eigenvalue weighted by atomic mass is 10.1. The fraction of sp³-hybridized carbons (Fsp3) is 0.118. The Bertz CT molecular complexity index is 1350. The first kappa shape index (κ1) is 29.5. The standard InChI is InChI=1S/2C17H17NO2/c2*1-13-8-6-7-11-15(13)18-17(20-2)12-16(19)14-9-4-3-5-10-14/h2*3-12,18H,1-2H3/b2*17-12+. The highest BCUT2D eigenvalue weighted by atomic mass is 16.5. The average Bonchev–Trinajstić information content (AvgIpc) is 2.99. The molecule has 4 aromatic rings. The Labute approximate surface area is 236 Å². The van der Waals surface area contributed by atoms with Crippen LogP contribution in [0.5, 0.6) is 0 Å². The molecule has 0 saturated heterocycles. The minimum absolute atomic E-state index is 0.0939. The van der Waals surface area contributed by atoms with Crippen molar-refractivity contribution in [2.75, 3.05) is 24.9 Å². The number of para-hydroxylation sites is 2. The van der Waals surface area contributed by atoms with Gasteiger partial charge in [-0.15, -0.1) is 0 Å². The number of ketones is 2. The normalized spacial score (nSPS) is 11.0. The fourth-order valence-corrected chi connectivity index (χ4v) is 3.59. The summed E-state index contributed by atoms with van der Waals surface area (Å²) in [7, 11) is 3.07. The summed E-state index contributed by atoms with van der Waals surface area (Å²) < 4.78 is 10.5. The second kappa shape index (κ2) is 15.3. The maximum atomic E-state index is 12.1. The van der Waals surface area contributed by atoms with Gasteiger partial charge in [-0.25, -0.2) is 0 Å². The van der Waals surface area contributed by atoms with Crippen LogP contribution in [0.1, 0.15) is 31.8 Å². The largest absolute Gasteiger partial charge is 0.482 e. The first-order chi connectivity index (χ1) is 19.4. The van der Waals surface area contributed by atoms with E-state index in [1.54, 1.807) is 24.3 Å². The van der Waals surface area contributed by atoms with E-state index in [0.29, 0.717) is 22.9 Å². The molecule has 0 saturated carbocycles. The molecule has 0 aliphatic heterocycles. The molecule has 0 bridgehead atoms. The molecular weight excluding hydrogens is 500 g/mol. The molecular formula is C34H34N2O4. The molecule has 0 amide bonds. The van der Waals surface area contributed by atoms with E-state index >= 15 is 0 Å². The quantitative estimate of drug-likeness (QED) is 0.124. The molecule has 6 nitrogen and oxygen atoms in total. The molecule has 0 atom stereocenters. The van der Waals surface area contributed by atoms with Gasteiger partial charge in [-0.1, -0.05) is 97.1 Å². The molecule has 0 aliphatic rings. The number of hydrogen-bond donors (Lipinski definition) is 2. The van der Waals surface area contributed by atoms with E-state index in [-0.39, 0.29) is 11.6 Å². The maximum absolute atomic E-state index is 12.1. The lowest BCUT2D eigenvalue weighted by molar-refractivity contribution is 0.103. The fourth-order valence-electron chi connectivity index (χ4n) is 3.59. The van der Waals surface area contributed by atoms with Crippen LogP contribution in [0.2, 0.25) is 0 Å². The molecule has 4 rings (SSSR count). The van der Waals surface area contributed by atoms with Gasteiger partial charge >= 0.3 is 0 Å². The molecule has 0 radical (unpaired) electrons. The van der Waals surface area contributed by atoms with Crippen LogP contribution < -0.4 is 10.6 Å². The van der Waals surface area contributed by atoms with Crippen molar-refractivity contribution in [2.24, 2.45) is 0 Å². The van der Waals surface area contributed by atoms with E-state index in [0.717, 1.165) is 22.5 Å². The smallest absolute Gasteiger partial charge is 0.194 e. The predicted molar refractivity (Wildman–Crippen MR) is 161 cm³/mol. The Balaban J connectivity index is 0.000000220. The number of hydrogen-bond acceptors (Lipinski definition) is 6. The molecule has 2 N–H and O–H groups in total. The zero-order chi connectivity index (χ0) is 28.7. The van der Waals surface area contributed by atoms with Crippen LogP contribution in [0.4, 0.5) is 11.4 Å². The maximum Gasteiger partial charge on any atom is 0.194 e. The highest BCUT2D eigenvalue weighted by Crippen LogP contribution is 2.17. The second-order valence-electron chi connectivity index (χ2n) is 8.77. The van der Waals surface area contributed by atoms with Crippen molar-refractivity contribution in [1.29, 1.82) is 0 Å². The van der Waals surface area contributed by atoms with E-state index in [1.165, 1.54) is 26.4 Å². The second-order valence-corrected chi connectivity index (χ2v) is 8.77. The number of ether oxygens (including phenoxy) is 2. The summed E-state index contributed by atoms with van der Waals surface area (Å²) in [6.07, 6.45) is 2.92. The van der Waals surface area contributed by atoms with Gasteiger partial charge in [-0.05, 0) is 37.1 Å². The van der Waals surface area contributed by atoms with Gasteiger partial charge in [-0.3, -0.25) is 9.59 Å². The number of benzene rings is 4. The lowest BCUT2D eigenvalue weighted by Crippen LogP contribution is -2.06. The van der Waals surface area contributed by atoms with Crippen molar-refractivity contribution in [2.45, 2.75) is 13.8 Å². The van der Waals surface area contributed by atoms with Crippen LogP contribution in [0, 0.1) is 13.8 Å². The minimum atomic E-state index is -0.0939. The van der Waals surface area contributed by atoms with Gasteiger partial charge in [-0.2, -0.15) is 0 Å². The molecule has 0 heterocycles. The number of allylic oxidation sites excluding steroid dienone is 2. The predicted octanol–water partition coefficient (Wildman–Crippen LogP) is 7.56. The van der Waals surface area contributed by atoms with Crippen molar-refractivity contribution < 1.29 is 19.1 Å². The molecule has 4 aromatic carbocycles. The van der Waals surface area contributed by atoms with Gasteiger partial charge in [0.2, 0.25) is 0 Å². The summed E-state index contributed by atoms with van der Waals surface area (Å²) in [6, 6.07) is 33.9. The number of carbonyl (C=O) groups excluding carboxylic acids is 2. The summed E-state index contributed by atoms with van der Waals surface area (Å²) in [5.74, 6) is 0.661. The van der Waals surface area contributed by atoms with Gasteiger partial charge in [0.15, 0.2) is 23.3 Å². The molecule has 0 aliphatic carbocycles. The Morgan fingerprint density at radius 2 is 0.850 bits per heavy atom. The third-order valence-corrected chi connectivity index (χ3v) is 5.89. The van der Waals surface area contributed by atoms with Crippen molar-refractivity contribution in [3.63, 3.8) is 0 Å². The van der Waals surface area contributed by atoms with Gasteiger partial charge in [0.25, 0.3) is 0 Å². The first-order valence-corrected chi connectivity index (χ1v) is 12.8. The monoisotopic (exact) mass is 534 g/mol. The summed E-state index contributed by atoms with van der Waals surface area (Å²) >= 11 is 0. The van der Waals surface area contributed by atoms with E-state index in [1.807, 2.05) is 98.8 Å².